The van der Waals surface area contributed by atoms with Crippen LogP contribution in [0.25, 0.3) is 155 Å². The summed E-state index contributed by atoms with van der Waals surface area (Å²) in [6.07, 6.45) is 0. The highest BCUT2D eigenvalue weighted by atomic mass is 16.5. The minimum Gasteiger partial charge on any atom is -0.455 e. The second-order valence-corrected chi connectivity index (χ2v) is 32.5. The van der Waals surface area contributed by atoms with Gasteiger partial charge in [-0.1, -0.05) is 293 Å². The number of H-pyrrole nitrogens is 6. The molecule has 568 valence electrons. The summed E-state index contributed by atoms with van der Waals surface area (Å²) in [6, 6.07) is 109. The lowest BCUT2D eigenvalue weighted by molar-refractivity contribution is 0.421. The molecule has 0 radical (unpaired) electrons. The van der Waals surface area contributed by atoms with Crippen LogP contribution >= 0.6 is 0 Å². The molecule has 3 aliphatic heterocycles. The molecule has 16 bridgehead atoms. The molecule has 0 spiro atoms. The first-order valence-corrected chi connectivity index (χ1v) is 40.9. The van der Waals surface area contributed by atoms with Crippen LogP contribution in [0.5, 0.6) is 11.5 Å². The Hall–Kier alpha value is -14.5. The first kappa shape index (κ1) is 71.3. The minimum atomic E-state index is -0.601. The Labute approximate surface area is 685 Å². The Morgan fingerprint density at radius 1 is 0.229 bits per heavy atom. The molecular weight excluding hydrogens is 1440 g/mol. The zero-order valence-corrected chi connectivity index (χ0v) is 67.7. The Balaban J connectivity index is 0.859. The van der Waals surface area contributed by atoms with Crippen LogP contribution in [-0.4, -0.2) is 39.9 Å². The molecular formula is C109H86N8O. The fourth-order valence-electron chi connectivity index (χ4n) is 19.0. The number of nitrogens with zero attached hydrogens (tertiary/aromatic N) is 2. The first-order chi connectivity index (χ1) is 57.6. The molecule has 8 aromatic heterocycles. The summed E-state index contributed by atoms with van der Waals surface area (Å²) < 4.78 is 8.20. The maximum atomic E-state index is 8.20. The summed E-state index contributed by atoms with van der Waals surface area (Å²) in [5.41, 5.74) is 46.6. The molecule has 0 fully saturated rings. The van der Waals surface area contributed by atoms with Crippen LogP contribution in [0.2, 0.25) is 0 Å². The molecule has 0 saturated carbocycles. The Kier molecular flexibility index (Phi) is 16.8. The number of aryl methyl sites for hydroxylation is 8. The van der Waals surface area contributed by atoms with E-state index in [1.165, 1.54) is 0 Å². The van der Waals surface area contributed by atoms with Crippen LogP contribution in [0, 0.1) is 55.4 Å². The van der Waals surface area contributed by atoms with Crippen LogP contribution in [0.3, 0.4) is 0 Å². The Morgan fingerprint density at radius 3 is 0.780 bits per heavy atom. The predicted octanol–water partition coefficient (Wildman–Crippen LogP) is 28.3. The smallest absolute Gasteiger partial charge is 0.139 e. The van der Waals surface area contributed by atoms with Crippen molar-refractivity contribution in [1.29, 1.82) is 0 Å². The van der Waals surface area contributed by atoms with Gasteiger partial charge in [0.2, 0.25) is 0 Å². The van der Waals surface area contributed by atoms with E-state index in [2.05, 4.69) is 402 Å². The number of nitrogens with one attached hydrogen (secondary N) is 6. The molecule has 0 atom stereocenters. The second kappa shape index (κ2) is 27.9. The van der Waals surface area contributed by atoms with Gasteiger partial charge in [0.15, 0.2) is 0 Å². The predicted molar refractivity (Wildman–Crippen MR) is 491 cm³/mol. The number of fused-ring (bicyclic) bond motifs is 20. The molecule has 0 unspecified atom stereocenters. The standard InChI is InChI=1S/C109H86N8O/c1-61-65(5)99-97(100-66(6)62(2)82(111-100)58-86-90(70-39-21-12-22-40-70)94(74-47-29-16-30-48-74)104(115-86)103-93(73-45-27-15-28-46-73)89(69-37-19-11-20-38-69)85(114-103)57-81(61)110-99)77-53-35-55-79-107(77)118-108-78(54-36-56-80(108)109(79,9)10)98-101-67(7)63(3)83(112-101)59-87-91(71-41-23-13-24-42-71)95(75-49-31-17-32-50-75)105(116-87)106-96(76-51-33-18-34-52-76)92(72-43-25-14-26-44-72)88(117-106)60-84-64(4)68(8)102(98)113-84/h11-60,110-114,116H,1-10H3. The fraction of sp³-hybridized carbons (Fsp3) is 0.101. The maximum absolute atomic E-state index is 8.20. The largest absolute Gasteiger partial charge is 0.455 e. The van der Waals surface area contributed by atoms with E-state index in [4.69, 9.17) is 14.7 Å². The number of hydrogen-bond donors (Lipinski definition) is 6. The average Bonchev–Trinajstić information content (AvgIpc) is 0.991. The quantitative estimate of drug-likeness (QED) is 0.0816. The van der Waals surface area contributed by atoms with Gasteiger partial charge >= 0.3 is 0 Å². The van der Waals surface area contributed by atoms with Crippen molar-refractivity contribution < 1.29 is 4.74 Å². The van der Waals surface area contributed by atoms with Gasteiger partial charge in [-0.25, -0.2) is 9.97 Å². The van der Waals surface area contributed by atoms with Gasteiger partial charge in [-0.15, -0.1) is 0 Å². The van der Waals surface area contributed by atoms with E-state index < -0.39 is 5.41 Å². The number of aromatic amines is 6. The minimum absolute atomic E-state index is 0.601. The monoisotopic (exact) mass is 1520 g/mol. The van der Waals surface area contributed by atoms with Gasteiger partial charge in [0, 0.05) is 116 Å². The summed E-state index contributed by atoms with van der Waals surface area (Å²) in [4.78, 5) is 37.1. The maximum Gasteiger partial charge on any atom is 0.139 e. The van der Waals surface area contributed by atoms with Crippen LogP contribution in [0.15, 0.2) is 303 Å². The molecule has 18 aromatic rings. The van der Waals surface area contributed by atoms with Crippen molar-refractivity contribution in [2.24, 2.45) is 0 Å². The lowest BCUT2D eigenvalue weighted by Gasteiger charge is -2.36. The lowest BCUT2D eigenvalue weighted by Crippen LogP contribution is -2.25. The lowest BCUT2D eigenvalue weighted by atomic mass is 9.73. The van der Waals surface area contributed by atoms with Crippen LogP contribution in [0.4, 0.5) is 0 Å². The zero-order valence-electron chi connectivity index (χ0n) is 67.7. The zero-order chi connectivity index (χ0) is 79.9. The molecule has 0 amide bonds. The van der Waals surface area contributed by atoms with Crippen molar-refractivity contribution in [2.75, 3.05) is 0 Å². The number of aromatic nitrogens is 8. The molecule has 0 aliphatic carbocycles. The summed E-state index contributed by atoms with van der Waals surface area (Å²) in [6.45, 7) is 22.8. The van der Waals surface area contributed by atoms with Crippen molar-refractivity contribution in [3.63, 3.8) is 0 Å². The van der Waals surface area contributed by atoms with Gasteiger partial charge in [-0.05, 0) is 169 Å². The summed E-state index contributed by atoms with van der Waals surface area (Å²) >= 11 is 0. The van der Waals surface area contributed by atoms with Crippen molar-refractivity contribution in [3.8, 4) is 78.3 Å². The highest BCUT2D eigenvalue weighted by Gasteiger charge is 2.39. The second-order valence-electron chi connectivity index (χ2n) is 32.5. The molecule has 0 saturated heterocycles. The van der Waals surface area contributed by atoms with Crippen molar-refractivity contribution in [2.45, 2.75) is 74.7 Å². The van der Waals surface area contributed by atoms with Gasteiger partial charge in [0.1, 0.15) is 11.5 Å². The molecule has 3 aliphatic rings. The molecule has 10 aromatic carbocycles. The molecule has 118 heavy (non-hydrogen) atoms. The number of para-hydroxylation sites is 2. The van der Waals surface area contributed by atoms with E-state index >= 15 is 0 Å². The number of hydrogen-bond acceptors (Lipinski definition) is 3. The SMILES string of the molecule is Cc1c(C)c2[nH]c1cc1nc(c3[nH]c(cc4[nH]c(c(C)c4C)c2-c2cccc4c2Oc2c(-c5c6[nH]c(cc7nc(c8[nH]c(cc9[nH]c5c(C)c9C)c(-c5ccccc5)c8-c5ccccc5)C(c5ccccc5)=C7c5ccccc5)c(C)c6C)cccc2C4(C)C)c(-c2ccccc2)c3-c2ccccc2)C(c2ccccc2)=C1c1ccccc1. The normalized spacial score (nSPS) is 13.1. The summed E-state index contributed by atoms with van der Waals surface area (Å²) in [7, 11) is 0. The van der Waals surface area contributed by atoms with E-state index in [1.807, 2.05) is 0 Å². The van der Waals surface area contributed by atoms with Crippen LogP contribution in [0.1, 0.15) is 115 Å². The highest BCUT2D eigenvalue weighted by Crippen LogP contribution is 2.58. The van der Waals surface area contributed by atoms with E-state index in [0.29, 0.717) is 0 Å². The number of ether oxygens (including phenoxy) is 1. The van der Waals surface area contributed by atoms with Gasteiger partial charge < -0.3 is 34.6 Å². The fourth-order valence-corrected chi connectivity index (χ4v) is 19.0. The van der Waals surface area contributed by atoms with E-state index in [0.717, 1.165) is 267 Å². The molecule has 6 N–H and O–H groups in total. The third-order valence-corrected chi connectivity index (χ3v) is 25.6. The van der Waals surface area contributed by atoms with Crippen LogP contribution < -0.4 is 4.74 Å². The third kappa shape index (κ3) is 11.3. The number of benzene rings is 10. The van der Waals surface area contributed by atoms with Gasteiger partial charge in [-0.2, -0.15) is 0 Å². The van der Waals surface area contributed by atoms with E-state index in [9.17, 15) is 0 Å². The molecule has 21 rings (SSSR count). The van der Waals surface area contributed by atoms with E-state index in [1.54, 1.807) is 0 Å². The first-order valence-electron chi connectivity index (χ1n) is 40.9. The van der Waals surface area contributed by atoms with Gasteiger partial charge in [0.25, 0.3) is 0 Å². The third-order valence-electron chi connectivity index (χ3n) is 25.6. The van der Waals surface area contributed by atoms with Crippen molar-refractivity contribution >= 4 is 88.5 Å². The van der Waals surface area contributed by atoms with Gasteiger partial charge in [0.05, 0.1) is 55.9 Å². The van der Waals surface area contributed by atoms with E-state index in [-0.39, 0.29) is 0 Å². The molecule has 11 heterocycles. The topological polar surface area (TPSA) is 130 Å². The van der Waals surface area contributed by atoms with Gasteiger partial charge in [-0.3, -0.25) is 0 Å². The van der Waals surface area contributed by atoms with Crippen LogP contribution in [-0.2, 0) is 5.41 Å². The summed E-state index contributed by atoms with van der Waals surface area (Å²) in [5.74, 6) is 1.57. The Bertz CT molecular complexity index is 7050. The van der Waals surface area contributed by atoms with Crippen molar-refractivity contribution in [1.82, 2.24) is 39.9 Å². The average molecular weight is 1520 g/mol. The highest BCUT2D eigenvalue weighted by molar-refractivity contribution is 6.16. The Morgan fingerprint density at radius 2 is 0.483 bits per heavy atom. The molecule has 9 heteroatoms. The number of rotatable bonds is 10. The molecule has 9 nitrogen and oxygen atoms in total. The summed E-state index contributed by atoms with van der Waals surface area (Å²) in [5, 5.41) is 0. The van der Waals surface area contributed by atoms with Crippen molar-refractivity contribution in [3.05, 3.63) is 404 Å².